The van der Waals surface area contributed by atoms with Crippen molar-refractivity contribution in [2.45, 2.75) is 25.4 Å². The molecule has 1 fully saturated rings. The van der Waals surface area contributed by atoms with Gasteiger partial charge in [0.05, 0.1) is 17.7 Å². The summed E-state index contributed by atoms with van der Waals surface area (Å²) in [6.07, 6.45) is 1.22. The Bertz CT molecular complexity index is 853. The van der Waals surface area contributed by atoms with Gasteiger partial charge in [0.2, 0.25) is 0 Å². The standard InChI is InChI=1S/C21H21NO4/c1-2-25-18-10-6-4-8-16(18)19(23)22-13-11-21(12-14-22)17-9-5-3-7-15(17)20(24)26-21/h3-10H,2,11-14H2,1H3. The van der Waals surface area contributed by atoms with E-state index in [1.165, 1.54) is 0 Å². The molecule has 26 heavy (non-hydrogen) atoms. The molecule has 4 rings (SSSR count). The fraction of sp³-hybridized carbons (Fsp3) is 0.333. The lowest BCUT2D eigenvalue weighted by atomic mass is 9.83. The minimum absolute atomic E-state index is 0.0403. The average molecular weight is 351 g/mol. The summed E-state index contributed by atoms with van der Waals surface area (Å²) < 4.78 is 11.3. The molecule has 0 atom stereocenters. The molecule has 0 N–H and O–H groups in total. The van der Waals surface area contributed by atoms with Crippen molar-refractivity contribution in [3.8, 4) is 5.75 Å². The highest BCUT2D eigenvalue weighted by molar-refractivity contribution is 5.97. The van der Waals surface area contributed by atoms with Crippen LogP contribution in [0.15, 0.2) is 48.5 Å². The van der Waals surface area contributed by atoms with Crippen molar-refractivity contribution in [3.05, 3.63) is 65.2 Å². The summed E-state index contributed by atoms with van der Waals surface area (Å²) in [5.41, 5.74) is 1.58. The minimum atomic E-state index is -0.593. The number of amides is 1. The third-order valence-corrected chi connectivity index (χ3v) is 5.20. The molecule has 0 radical (unpaired) electrons. The van der Waals surface area contributed by atoms with Gasteiger partial charge in [0, 0.05) is 31.5 Å². The smallest absolute Gasteiger partial charge is 0.339 e. The molecule has 1 saturated heterocycles. The van der Waals surface area contributed by atoms with E-state index < -0.39 is 5.60 Å². The first-order valence-electron chi connectivity index (χ1n) is 8.98. The summed E-state index contributed by atoms with van der Waals surface area (Å²) in [5, 5.41) is 0. The van der Waals surface area contributed by atoms with E-state index in [2.05, 4.69) is 0 Å². The predicted molar refractivity (Wildman–Crippen MR) is 96.3 cm³/mol. The molecule has 2 heterocycles. The predicted octanol–water partition coefficient (Wildman–Crippen LogP) is 3.39. The Balaban J connectivity index is 1.53. The molecule has 1 amide bonds. The maximum absolute atomic E-state index is 12.9. The fourth-order valence-electron chi connectivity index (χ4n) is 3.88. The van der Waals surface area contributed by atoms with Gasteiger partial charge < -0.3 is 14.4 Å². The van der Waals surface area contributed by atoms with E-state index in [1.807, 2.05) is 54.3 Å². The van der Waals surface area contributed by atoms with E-state index in [9.17, 15) is 9.59 Å². The Morgan fingerprint density at radius 3 is 2.58 bits per heavy atom. The van der Waals surface area contributed by atoms with Gasteiger partial charge in [-0.15, -0.1) is 0 Å². The third-order valence-electron chi connectivity index (χ3n) is 5.20. The molecule has 0 unspecified atom stereocenters. The number of hydrogen-bond acceptors (Lipinski definition) is 4. The lowest BCUT2D eigenvalue weighted by Crippen LogP contribution is -2.45. The number of ether oxygens (including phenoxy) is 2. The van der Waals surface area contributed by atoms with E-state index in [4.69, 9.17) is 9.47 Å². The highest BCUT2D eigenvalue weighted by Gasteiger charge is 2.47. The first-order valence-corrected chi connectivity index (χ1v) is 8.98. The molecule has 1 spiro atoms. The first-order chi connectivity index (χ1) is 12.6. The monoisotopic (exact) mass is 351 g/mol. The van der Waals surface area contributed by atoms with Crippen LogP contribution in [0.5, 0.6) is 5.75 Å². The summed E-state index contributed by atoms with van der Waals surface area (Å²) in [4.78, 5) is 26.9. The molecule has 0 bridgehead atoms. The zero-order valence-electron chi connectivity index (χ0n) is 14.7. The molecule has 2 aromatic rings. The van der Waals surface area contributed by atoms with Crippen LogP contribution in [0.3, 0.4) is 0 Å². The normalized spacial score (nSPS) is 17.7. The van der Waals surface area contributed by atoms with Crippen LogP contribution in [0, 0.1) is 0 Å². The van der Waals surface area contributed by atoms with E-state index in [0.717, 1.165) is 5.56 Å². The van der Waals surface area contributed by atoms with E-state index >= 15 is 0 Å². The molecule has 5 nitrogen and oxygen atoms in total. The fourth-order valence-corrected chi connectivity index (χ4v) is 3.88. The number of rotatable bonds is 3. The number of carbonyl (C=O) groups is 2. The Morgan fingerprint density at radius 2 is 1.81 bits per heavy atom. The molecule has 0 saturated carbocycles. The van der Waals surface area contributed by atoms with Gasteiger partial charge in [0.15, 0.2) is 0 Å². The summed E-state index contributed by atoms with van der Waals surface area (Å²) in [7, 11) is 0. The summed E-state index contributed by atoms with van der Waals surface area (Å²) >= 11 is 0. The molecule has 2 aliphatic rings. The number of para-hydroxylation sites is 1. The van der Waals surface area contributed by atoms with Gasteiger partial charge >= 0.3 is 5.97 Å². The van der Waals surface area contributed by atoms with Gasteiger partial charge in [-0.05, 0) is 25.1 Å². The summed E-state index contributed by atoms with van der Waals surface area (Å²) in [6, 6.07) is 14.9. The molecular weight excluding hydrogens is 330 g/mol. The first kappa shape index (κ1) is 16.6. The summed E-state index contributed by atoms with van der Waals surface area (Å²) in [6.45, 7) is 3.50. The van der Waals surface area contributed by atoms with Gasteiger partial charge in [-0.25, -0.2) is 4.79 Å². The molecule has 2 aromatic carbocycles. The Morgan fingerprint density at radius 1 is 1.12 bits per heavy atom. The van der Waals surface area contributed by atoms with Crippen molar-refractivity contribution < 1.29 is 19.1 Å². The molecule has 134 valence electrons. The summed E-state index contributed by atoms with van der Waals surface area (Å²) in [5.74, 6) is 0.307. The Labute approximate surface area is 152 Å². The van der Waals surface area contributed by atoms with Gasteiger partial charge in [-0.3, -0.25) is 4.79 Å². The second-order valence-corrected chi connectivity index (χ2v) is 6.65. The van der Waals surface area contributed by atoms with Crippen LogP contribution in [0.25, 0.3) is 0 Å². The number of likely N-dealkylation sites (tertiary alicyclic amines) is 1. The van der Waals surface area contributed by atoms with Crippen molar-refractivity contribution in [1.29, 1.82) is 0 Å². The van der Waals surface area contributed by atoms with Gasteiger partial charge in [-0.2, -0.15) is 0 Å². The highest BCUT2D eigenvalue weighted by Crippen LogP contribution is 2.44. The van der Waals surface area contributed by atoms with Crippen molar-refractivity contribution in [2.75, 3.05) is 19.7 Å². The average Bonchev–Trinajstić information content (AvgIpc) is 2.95. The van der Waals surface area contributed by atoms with Crippen LogP contribution in [-0.4, -0.2) is 36.5 Å². The lowest BCUT2D eigenvalue weighted by molar-refractivity contribution is -0.0389. The highest BCUT2D eigenvalue weighted by atomic mass is 16.6. The number of hydrogen-bond donors (Lipinski definition) is 0. The quantitative estimate of drug-likeness (QED) is 0.796. The van der Waals surface area contributed by atoms with Crippen LogP contribution in [-0.2, 0) is 10.3 Å². The van der Waals surface area contributed by atoms with E-state index in [1.54, 1.807) is 6.07 Å². The molecule has 0 aliphatic carbocycles. The second kappa shape index (κ2) is 6.48. The van der Waals surface area contributed by atoms with Crippen molar-refractivity contribution in [2.24, 2.45) is 0 Å². The van der Waals surface area contributed by atoms with Crippen LogP contribution < -0.4 is 4.74 Å². The SMILES string of the molecule is CCOc1ccccc1C(=O)N1CCC2(CC1)OC(=O)c1ccccc12. The number of benzene rings is 2. The van der Waals surface area contributed by atoms with Crippen molar-refractivity contribution in [1.82, 2.24) is 4.90 Å². The number of carbonyl (C=O) groups excluding carboxylic acids is 2. The maximum atomic E-state index is 12.9. The number of piperidine rings is 1. The third kappa shape index (κ3) is 2.64. The van der Waals surface area contributed by atoms with Crippen LogP contribution >= 0.6 is 0 Å². The largest absolute Gasteiger partial charge is 0.493 e. The van der Waals surface area contributed by atoms with E-state index in [0.29, 0.717) is 49.4 Å². The molecule has 5 heteroatoms. The van der Waals surface area contributed by atoms with Crippen molar-refractivity contribution in [3.63, 3.8) is 0 Å². The number of fused-ring (bicyclic) bond motifs is 2. The molecule has 0 aromatic heterocycles. The minimum Gasteiger partial charge on any atom is -0.493 e. The zero-order chi connectivity index (χ0) is 18.1. The van der Waals surface area contributed by atoms with Crippen LogP contribution in [0.2, 0.25) is 0 Å². The van der Waals surface area contributed by atoms with E-state index in [-0.39, 0.29) is 11.9 Å². The van der Waals surface area contributed by atoms with Crippen LogP contribution in [0.1, 0.15) is 46.0 Å². The molecule has 2 aliphatic heterocycles. The zero-order valence-corrected chi connectivity index (χ0v) is 14.7. The number of nitrogens with zero attached hydrogens (tertiary/aromatic N) is 1. The van der Waals surface area contributed by atoms with Crippen molar-refractivity contribution >= 4 is 11.9 Å². The maximum Gasteiger partial charge on any atom is 0.339 e. The van der Waals surface area contributed by atoms with Crippen LogP contribution in [0.4, 0.5) is 0 Å². The lowest BCUT2D eigenvalue weighted by Gasteiger charge is -2.38. The topological polar surface area (TPSA) is 55.8 Å². The molecular formula is C21H21NO4. The Kier molecular flexibility index (Phi) is 4.15. The number of esters is 1. The van der Waals surface area contributed by atoms with Gasteiger partial charge in [-0.1, -0.05) is 30.3 Å². The van der Waals surface area contributed by atoms with Gasteiger partial charge in [0.1, 0.15) is 11.4 Å². The Hall–Kier alpha value is -2.82. The second-order valence-electron chi connectivity index (χ2n) is 6.65. The van der Waals surface area contributed by atoms with Gasteiger partial charge in [0.25, 0.3) is 5.91 Å².